The second kappa shape index (κ2) is 6.30. The first-order chi connectivity index (χ1) is 6.36. The summed E-state index contributed by atoms with van der Waals surface area (Å²) in [6.45, 7) is 5.93. The molecule has 0 bridgehead atoms. The Morgan fingerprint density at radius 2 is 2.14 bits per heavy atom. The number of thioether (sulfide) groups is 1. The fourth-order valence-corrected chi connectivity index (χ4v) is 1.95. The molecule has 0 radical (unpaired) electrons. The maximum Gasteiger partial charge on any atom is 0.323 e. The first kappa shape index (κ1) is 13.8. The highest BCUT2D eigenvalue weighted by Crippen LogP contribution is 2.14. The van der Waals surface area contributed by atoms with E-state index in [2.05, 4.69) is 13.8 Å². The molecule has 3 N–H and O–H groups in total. The summed E-state index contributed by atoms with van der Waals surface area (Å²) >= 11 is 1.87. The van der Waals surface area contributed by atoms with Crippen molar-refractivity contribution in [1.29, 1.82) is 0 Å². The summed E-state index contributed by atoms with van der Waals surface area (Å²) < 4.78 is 0. The Morgan fingerprint density at radius 3 is 2.57 bits per heavy atom. The predicted octanol–water partition coefficient (Wildman–Crippen LogP) is 1.96. The second-order valence-electron chi connectivity index (χ2n) is 4.29. The molecule has 84 valence electrons. The van der Waals surface area contributed by atoms with E-state index in [9.17, 15) is 4.79 Å². The van der Waals surface area contributed by atoms with Crippen molar-refractivity contribution >= 4 is 17.7 Å². The zero-order valence-electron chi connectivity index (χ0n) is 9.25. The maximum absolute atomic E-state index is 10.7. The number of rotatable bonds is 7. The number of nitrogens with two attached hydrogens (primary N) is 1. The van der Waals surface area contributed by atoms with E-state index in [1.807, 2.05) is 11.8 Å². The summed E-state index contributed by atoms with van der Waals surface area (Å²) in [5.74, 6) is 1.92. The van der Waals surface area contributed by atoms with Crippen LogP contribution in [0, 0.1) is 5.92 Å². The Hall–Kier alpha value is -0.220. The molecule has 3 nitrogen and oxygen atoms in total. The van der Waals surface area contributed by atoms with E-state index in [1.165, 1.54) is 0 Å². The molecule has 14 heavy (non-hydrogen) atoms. The molecule has 0 saturated carbocycles. The highest BCUT2D eigenvalue weighted by Gasteiger charge is 2.26. The monoisotopic (exact) mass is 219 g/mol. The first-order valence-electron chi connectivity index (χ1n) is 4.96. The summed E-state index contributed by atoms with van der Waals surface area (Å²) in [6, 6.07) is 0. The Morgan fingerprint density at radius 1 is 1.57 bits per heavy atom. The van der Waals surface area contributed by atoms with Gasteiger partial charge in [-0.15, -0.1) is 0 Å². The van der Waals surface area contributed by atoms with Crippen LogP contribution in [0.4, 0.5) is 0 Å². The van der Waals surface area contributed by atoms with Gasteiger partial charge in [-0.25, -0.2) is 0 Å². The van der Waals surface area contributed by atoms with Crippen LogP contribution in [0.2, 0.25) is 0 Å². The molecule has 4 heteroatoms. The molecule has 0 saturated heterocycles. The predicted molar refractivity (Wildman–Crippen MR) is 61.6 cm³/mol. The van der Waals surface area contributed by atoms with Crippen LogP contribution >= 0.6 is 11.8 Å². The fourth-order valence-electron chi connectivity index (χ4n) is 0.967. The Kier molecular flexibility index (Phi) is 6.20. The van der Waals surface area contributed by atoms with Gasteiger partial charge in [-0.3, -0.25) is 4.79 Å². The minimum Gasteiger partial charge on any atom is -0.480 e. The molecule has 0 heterocycles. The van der Waals surface area contributed by atoms with Crippen LogP contribution in [0.15, 0.2) is 0 Å². The van der Waals surface area contributed by atoms with Gasteiger partial charge in [0.2, 0.25) is 0 Å². The van der Waals surface area contributed by atoms with Gasteiger partial charge in [0, 0.05) is 0 Å². The van der Waals surface area contributed by atoms with Crippen molar-refractivity contribution in [2.75, 3.05) is 11.5 Å². The normalized spacial score (nSPS) is 15.5. The number of hydrogen-bond donors (Lipinski definition) is 2. The minimum absolute atomic E-state index is 0.549. The van der Waals surface area contributed by atoms with E-state index in [4.69, 9.17) is 10.8 Å². The van der Waals surface area contributed by atoms with Crippen molar-refractivity contribution in [2.24, 2.45) is 11.7 Å². The average Bonchev–Trinajstić information content (AvgIpc) is 2.02. The average molecular weight is 219 g/mol. The van der Waals surface area contributed by atoms with Gasteiger partial charge in [0.15, 0.2) is 0 Å². The van der Waals surface area contributed by atoms with E-state index >= 15 is 0 Å². The van der Waals surface area contributed by atoms with E-state index in [1.54, 1.807) is 6.92 Å². The van der Waals surface area contributed by atoms with Crippen LogP contribution in [0.3, 0.4) is 0 Å². The molecule has 0 amide bonds. The summed E-state index contributed by atoms with van der Waals surface area (Å²) in [4.78, 5) is 10.7. The Bertz CT molecular complexity index is 181. The van der Waals surface area contributed by atoms with Gasteiger partial charge in [0.05, 0.1) is 0 Å². The van der Waals surface area contributed by atoms with Gasteiger partial charge in [0.25, 0.3) is 0 Å². The van der Waals surface area contributed by atoms with E-state index in [0.29, 0.717) is 12.3 Å². The van der Waals surface area contributed by atoms with Gasteiger partial charge in [-0.2, -0.15) is 11.8 Å². The smallest absolute Gasteiger partial charge is 0.323 e. The number of carboxylic acids is 1. The molecule has 1 unspecified atom stereocenters. The van der Waals surface area contributed by atoms with Gasteiger partial charge >= 0.3 is 5.97 Å². The van der Waals surface area contributed by atoms with Crippen molar-refractivity contribution < 1.29 is 9.90 Å². The highest BCUT2D eigenvalue weighted by atomic mass is 32.2. The Balaban J connectivity index is 3.49. The zero-order valence-corrected chi connectivity index (χ0v) is 10.1. The van der Waals surface area contributed by atoms with Crippen LogP contribution < -0.4 is 5.73 Å². The van der Waals surface area contributed by atoms with Gasteiger partial charge in [0.1, 0.15) is 5.54 Å². The topological polar surface area (TPSA) is 63.3 Å². The minimum atomic E-state index is -1.06. The lowest BCUT2D eigenvalue weighted by Crippen LogP contribution is -2.44. The number of hydrogen-bond acceptors (Lipinski definition) is 3. The highest BCUT2D eigenvalue weighted by molar-refractivity contribution is 7.99. The van der Waals surface area contributed by atoms with Crippen LogP contribution in [0.5, 0.6) is 0 Å². The van der Waals surface area contributed by atoms with Gasteiger partial charge in [-0.1, -0.05) is 13.8 Å². The second-order valence-corrected chi connectivity index (χ2v) is 5.44. The molecule has 0 aliphatic heterocycles. The summed E-state index contributed by atoms with van der Waals surface area (Å²) in [7, 11) is 0. The number of carbonyl (C=O) groups is 1. The van der Waals surface area contributed by atoms with Crippen molar-refractivity contribution in [3.63, 3.8) is 0 Å². The number of carboxylic acid groups (broad SMARTS) is 1. The molecular formula is C10H21NO2S. The third kappa shape index (κ3) is 6.27. The quantitative estimate of drug-likeness (QED) is 0.642. The van der Waals surface area contributed by atoms with Crippen molar-refractivity contribution in [1.82, 2.24) is 0 Å². The summed E-state index contributed by atoms with van der Waals surface area (Å²) in [5, 5.41) is 8.75. The van der Waals surface area contributed by atoms with Crippen LogP contribution in [-0.2, 0) is 4.79 Å². The maximum atomic E-state index is 10.7. The molecule has 0 rings (SSSR count). The standard InChI is InChI=1S/C10H21NO2S/c1-8(2)7-14-6-4-5-10(3,11)9(12)13/h8H,4-7,11H2,1-3H3,(H,12,13). The van der Waals surface area contributed by atoms with Crippen molar-refractivity contribution in [2.45, 2.75) is 39.2 Å². The molecule has 0 spiro atoms. The van der Waals surface area contributed by atoms with Crippen molar-refractivity contribution in [3.05, 3.63) is 0 Å². The molecular weight excluding hydrogens is 198 g/mol. The lowest BCUT2D eigenvalue weighted by molar-refractivity contribution is -0.142. The van der Waals surface area contributed by atoms with E-state index in [0.717, 1.165) is 17.9 Å². The van der Waals surface area contributed by atoms with Crippen LogP contribution in [0.25, 0.3) is 0 Å². The third-order valence-electron chi connectivity index (χ3n) is 1.92. The summed E-state index contributed by atoms with van der Waals surface area (Å²) in [6.07, 6.45) is 1.42. The molecule has 0 aromatic heterocycles. The zero-order chi connectivity index (χ0) is 11.2. The third-order valence-corrected chi connectivity index (χ3v) is 3.40. The first-order valence-corrected chi connectivity index (χ1v) is 6.11. The lowest BCUT2D eigenvalue weighted by Gasteiger charge is -2.18. The van der Waals surface area contributed by atoms with E-state index in [-0.39, 0.29) is 0 Å². The molecule has 0 fully saturated rings. The Labute approximate surface area is 90.4 Å². The molecule has 1 atom stereocenters. The van der Waals surface area contributed by atoms with Gasteiger partial charge < -0.3 is 10.8 Å². The molecule has 0 aromatic carbocycles. The van der Waals surface area contributed by atoms with Gasteiger partial charge in [-0.05, 0) is 37.2 Å². The van der Waals surface area contributed by atoms with Crippen LogP contribution in [-0.4, -0.2) is 28.1 Å². The van der Waals surface area contributed by atoms with Crippen molar-refractivity contribution in [3.8, 4) is 0 Å². The lowest BCUT2D eigenvalue weighted by atomic mass is 9.98. The SMILES string of the molecule is CC(C)CSCCCC(C)(N)C(=O)O. The molecule has 0 aliphatic rings. The fraction of sp³-hybridized carbons (Fsp3) is 0.900. The number of aliphatic carboxylic acids is 1. The molecule has 0 aromatic rings. The molecule has 0 aliphatic carbocycles. The van der Waals surface area contributed by atoms with E-state index < -0.39 is 11.5 Å². The summed E-state index contributed by atoms with van der Waals surface area (Å²) in [5.41, 5.74) is 4.54. The largest absolute Gasteiger partial charge is 0.480 e. The van der Waals surface area contributed by atoms with Crippen LogP contribution in [0.1, 0.15) is 33.6 Å².